The van der Waals surface area contributed by atoms with E-state index >= 15 is 0 Å². The summed E-state index contributed by atoms with van der Waals surface area (Å²) in [5, 5.41) is 3.33. The normalized spacial score (nSPS) is 27.3. The largest absolute Gasteiger partial charge is 0.465 e. The van der Waals surface area contributed by atoms with Crippen LogP contribution in [-0.2, 0) is 9.53 Å². The first-order valence-electron chi connectivity index (χ1n) is 5.64. The van der Waals surface area contributed by atoms with Crippen LogP contribution < -0.4 is 5.32 Å². The van der Waals surface area contributed by atoms with Gasteiger partial charge >= 0.3 is 5.97 Å². The summed E-state index contributed by atoms with van der Waals surface area (Å²) in [7, 11) is 0. The third-order valence-electron chi connectivity index (χ3n) is 2.70. The number of piperidine rings is 1. The Morgan fingerprint density at radius 3 is 3.00 bits per heavy atom. The molecule has 14 heavy (non-hydrogen) atoms. The van der Waals surface area contributed by atoms with Crippen LogP contribution in [-0.4, -0.2) is 25.2 Å². The molecule has 3 heteroatoms. The molecule has 82 valence electrons. The lowest BCUT2D eigenvalue weighted by Crippen LogP contribution is -2.39. The molecule has 1 heterocycles. The second kappa shape index (κ2) is 6.02. The molecule has 0 radical (unpaired) electrons. The lowest BCUT2D eigenvalue weighted by molar-refractivity contribution is -0.149. The van der Waals surface area contributed by atoms with Gasteiger partial charge in [0.2, 0.25) is 0 Å². The number of hydrogen-bond acceptors (Lipinski definition) is 3. The second-order valence-corrected chi connectivity index (χ2v) is 4.10. The monoisotopic (exact) mass is 199 g/mol. The Morgan fingerprint density at radius 1 is 1.57 bits per heavy atom. The van der Waals surface area contributed by atoms with Gasteiger partial charge in [0.05, 0.1) is 12.5 Å². The molecule has 1 aliphatic heterocycles. The molecular formula is C11H21NO2. The molecule has 0 aromatic rings. The van der Waals surface area contributed by atoms with Crippen molar-refractivity contribution in [3.8, 4) is 0 Å². The summed E-state index contributed by atoms with van der Waals surface area (Å²) in [6.07, 6.45) is 3.91. The molecule has 0 aromatic heterocycles. The van der Waals surface area contributed by atoms with Crippen molar-refractivity contribution >= 4 is 5.97 Å². The fraction of sp³-hybridized carbons (Fsp3) is 0.909. The highest BCUT2D eigenvalue weighted by molar-refractivity contribution is 5.72. The number of ether oxygens (including phenoxy) is 1. The summed E-state index contributed by atoms with van der Waals surface area (Å²) in [5.74, 6) is 0.134. The van der Waals surface area contributed by atoms with Gasteiger partial charge in [-0.25, -0.2) is 0 Å². The van der Waals surface area contributed by atoms with Crippen LogP contribution >= 0.6 is 0 Å². The van der Waals surface area contributed by atoms with Crippen LogP contribution in [0.4, 0.5) is 0 Å². The quantitative estimate of drug-likeness (QED) is 0.553. The van der Waals surface area contributed by atoms with Gasteiger partial charge in [-0.05, 0) is 32.7 Å². The number of hydrogen-bond donors (Lipinski definition) is 1. The number of carbonyl (C=O) groups is 1. The molecule has 2 unspecified atom stereocenters. The Hall–Kier alpha value is -0.570. The summed E-state index contributed by atoms with van der Waals surface area (Å²) in [6, 6.07) is 0.451. The van der Waals surface area contributed by atoms with E-state index < -0.39 is 0 Å². The fourth-order valence-corrected chi connectivity index (χ4v) is 1.78. The van der Waals surface area contributed by atoms with Gasteiger partial charge in [0, 0.05) is 6.04 Å². The van der Waals surface area contributed by atoms with Crippen molar-refractivity contribution in [2.24, 2.45) is 5.92 Å². The van der Waals surface area contributed by atoms with Crippen molar-refractivity contribution < 1.29 is 9.53 Å². The van der Waals surface area contributed by atoms with E-state index in [0.29, 0.717) is 12.6 Å². The zero-order valence-corrected chi connectivity index (χ0v) is 9.21. The van der Waals surface area contributed by atoms with Crippen molar-refractivity contribution in [3.63, 3.8) is 0 Å². The fourth-order valence-electron chi connectivity index (χ4n) is 1.78. The Labute approximate surface area is 86.2 Å². The molecular weight excluding hydrogens is 178 g/mol. The van der Waals surface area contributed by atoms with E-state index in [0.717, 1.165) is 32.2 Å². The zero-order chi connectivity index (χ0) is 10.4. The summed E-state index contributed by atoms with van der Waals surface area (Å²) in [5.41, 5.74) is 0. The third kappa shape index (κ3) is 3.66. The average Bonchev–Trinajstić information content (AvgIpc) is 2.18. The number of nitrogens with one attached hydrogen (secondary N) is 1. The van der Waals surface area contributed by atoms with Gasteiger partial charge in [0.25, 0.3) is 0 Å². The van der Waals surface area contributed by atoms with Crippen LogP contribution in [0, 0.1) is 5.92 Å². The van der Waals surface area contributed by atoms with Crippen LogP contribution in [0.5, 0.6) is 0 Å². The van der Waals surface area contributed by atoms with Gasteiger partial charge in [0.15, 0.2) is 0 Å². The van der Waals surface area contributed by atoms with E-state index in [2.05, 4.69) is 19.2 Å². The molecule has 3 nitrogen and oxygen atoms in total. The van der Waals surface area contributed by atoms with Gasteiger partial charge in [-0.3, -0.25) is 4.79 Å². The van der Waals surface area contributed by atoms with E-state index in [9.17, 15) is 4.79 Å². The third-order valence-corrected chi connectivity index (χ3v) is 2.70. The number of unbranched alkanes of at least 4 members (excludes halogenated alkanes) is 1. The number of rotatable bonds is 4. The summed E-state index contributed by atoms with van der Waals surface area (Å²) in [6.45, 7) is 5.74. The van der Waals surface area contributed by atoms with Gasteiger partial charge in [-0.2, -0.15) is 0 Å². The molecule has 0 bridgehead atoms. The highest BCUT2D eigenvalue weighted by Crippen LogP contribution is 2.17. The van der Waals surface area contributed by atoms with E-state index in [1.807, 2.05) is 0 Å². The highest BCUT2D eigenvalue weighted by atomic mass is 16.5. The van der Waals surface area contributed by atoms with Crippen LogP contribution in [0.1, 0.15) is 39.5 Å². The second-order valence-electron chi connectivity index (χ2n) is 4.10. The van der Waals surface area contributed by atoms with Crippen molar-refractivity contribution in [2.45, 2.75) is 45.6 Å². The summed E-state index contributed by atoms with van der Waals surface area (Å²) in [4.78, 5) is 11.6. The van der Waals surface area contributed by atoms with E-state index in [1.165, 1.54) is 0 Å². The van der Waals surface area contributed by atoms with Gasteiger partial charge in [0.1, 0.15) is 0 Å². The van der Waals surface area contributed by atoms with Crippen molar-refractivity contribution in [2.75, 3.05) is 13.2 Å². The summed E-state index contributed by atoms with van der Waals surface area (Å²) >= 11 is 0. The minimum atomic E-state index is 0.00630. The molecule has 0 aliphatic carbocycles. The van der Waals surface area contributed by atoms with Crippen molar-refractivity contribution in [1.82, 2.24) is 5.32 Å². The smallest absolute Gasteiger partial charge is 0.309 e. The molecule has 1 saturated heterocycles. The number of esters is 1. The topological polar surface area (TPSA) is 38.3 Å². The minimum Gasteiger partial charge on any atom is -0.465 e. The van der Waals surface area contributed by atoms with Crippen LogP contribution in [0.3, 0.4) is 0 Å². The Morgan fingerprint density at radius 2 is 2.36 bits per heavy atom. The molecule has 1 N–H and O–H groups in total. The van der Waals surface area contributed by atoms with E-state index in [-0.39, 0.29) is 11.9 Å². The number of carbonyl (C=O) groups excluding carboxylic acids is 1. The highest BCUT2D eigenvalue weighted by Gasteiger charge is 2.25. The first kappa shape index (κ1) is 11.5. The van der Waals surface area contributed by atoms with Gasteiger partial charge < -0.3 is 10.1 Å². The van der Waals surface area contributed by atoms with E-state index in [1.54, 1.807) is 0 Å². The maximum Gasteiger partial charge on any atom is 0.309 e. The van der Waals surface area contributed by atoms with Crippen molar-refractivity contribution in [3.05, 3.63) is 0 Å². The first-order chi connectivity index (χ1) is 6.74. The lowest BCUT2D eigenvalue weighted by Gasteiger charge is -2.26. The Balaban J connectivity index is 2.22. The van der Waals surface area contributed by atoms with Crippen LogP contribution in [0.2, 0.25) is 0 Å². The summed E-state index contributed by atoms with van der Waals surface area (Å²) < 4.78 is 5.20. The molecule has 0 amide bonds. The molecule has 0 saturated carbocycles. The van der Waals surface area contributed by atoms with Crippen LogP contribution in [0.15, 0.2) is 0 Å². The molecule has 1 rings (SSSR count). The standard InChI is InChI=1S/C11H21NO2/c1-3-4-7-14-11(13)10-5-6-12-9(2)8-10/h9-10,12H,3-8H2,1-2H3. The molecule has 0 spiro atoms. The Kier molecular flexibility index (Phi) is 4.94. The Bertz CT molecular complexity index is 182. The first-order valence-corrected chi connectivity index (χ1v) is 5.64. The maximum absolute atomic E-state index is 11.6. The predicted octanol–water partition coefficient (Wildman–Crippen LogP) is 1.72. The SMILES string of the molecule is CCCCOC(=O)C1CCNC(C)C1. The molecule has 0 aromatic carbocycles. The zero-order valence-electron chi connectivity index (χ0n) is 9.21. The van der Waals surface area contributed by atoms with Crippen molar-refractivity contribution in [1.29, 1.82) is 0 Å². The minimum absolute atomic E-state index is 0.00630. The molecule has 2 atom stereocenters. The van der Waals surface area contributed by atoms with Gasteiger partial charge in [-0.15, -0.1) is 0 Å². The maximum atomic E-state index is 11.6. The molecule has 1 fully saturated rings. The average molecular weight is 199 g/mol. The lowest BCUT2D eigenvalue weighted by atomic mass is 9.93. The van der Waals surface area contributed by atoms with Crippen LogP contribution in [0.25, 0.3) is 0 Å². The molecule has 1 aliphatic rings. The van der Waals surface area contributed by atoms with E-state index in [4.69, 9.17) is 4.74 Å². The van der Waals surface area contributed by atoms with Gasteiger partial charge in [-0.1, -0.05) is 13.3 Å². The predicted molar refractivity (Wildman–Crippen MR) is 56.1 cm³/mol.